The highest BCUT2D eigenvalue weighted by Gasteiger charge is 2.32. The van der Waals surface area contributed by atoms with Gasteiger partial charge >= 0.3 is 17.9 Å². The summed E-state index contributed by atoms with van der Waals surface area (Å²) in [4.78, 5) is 48.6. The van der Waals surface area contributed by atoms with Gasteiger partial charge in [-0.1, -0.05) is 53.7 Å². The summed E-state index contributed by atoms with van der Waals surface area (Å²) >= 11 is 0. The fourth-order valence-corrected chi connectivity index (χ4v) is 14.4. The van der Waals surface area contributed by atoms with Crippen LogP contribution in [0.5, 0.6) is 11.5 Å². The molecule has 0 radical (unpaired) electrons. The van der Waals surface area contributed by atoms with Crippen LogP contribution in [-0.2, 0) is 24.4 Å². The average molecular weight is 1390 g/mol. The molecule has 0 spiro atoms. The van der Waals surface area contributed by atoms with Gasteiger partial charge in [-0.05, 0) is 222 Å². The molecular weight excluding hydrogens is 1310 g/mol. The van der Waals surface area contributed by atoms with E-state index >= 15 is 4.39 Å². The van der Waals surface area contributed by atoms with Gasteiger partial charge in [-0.15, -0.1) is 0 Å². The maximum atomic E-state index is 15.5. The first-order valence-corrected chi connectivity index (χ1v) is 34.1. The van der Waals surface area contributed by atoms with Crippen LogP contribution in [0.4, 0.5) is 17.6 Å². The van der Waals surface area contributed by atoms with Gasteiger partial charge in [0.15, 0.2) is 0 Å². The van der Waals surface area contributed by atoms with Gasteiger partial charge in [-0.25, -0.2) is 31.9 Å². The number of aromatic nitrogens is 3. The van der Waals surface area contributed by atoms with Crippen molar-refractivity contribution < 1.29 is 61.5 Å². The summed E-state index contributed by atoms with van der Waals surface area (Å²) in [5.41, 5.74) is 18.9. The minimum absolute atomic E-state index is 0.0288. The third kappa shape index (κ3) is 12.9. The molecule has 3 aromatic heterocycles. The van der Waals surface area contributed by atoms with Crippen molar-refractivity contribution in [3.63, 3.8) is 0 Å². The van der Waals surface area contributed by atoms with Crippen LogP contribution >= 0.6 is 0 Å². The molecule has 9 aromatic carbocycles. The smallest absolute Gasteiger partial charge is 0.338 e. The highest BCUT2D eigenvalue weighted by Crippen LogP contribution is 2.49. The Morgan fingerprint density at radius 2 is 0.893 bits per heavy atom. The van der Waals surface area contributed by atoms with Crippen molar-refractivity contribution >= 4 is 69.3 Å². The Morgan fingerprint density at radius 1 is 0.466 bits per heavy atom. The second-order valence-corrected chi connectivity index (χ2v) is 27.3. The number of hydrogen-bond donors (Lipinski definition) is 3. The van der Waals surface area contributed by atoms with E-state index in [1.807, 2.05) is 75.2 Å². The molecule has 3 N–H and O–H groups in total. The van der Waals surface area contributed by atoms with Crippen molar-refractivity contribution in [1.29, 1.82) is 0 Å². The van der Waals surface area contributed by atoms with Gasteiger partial charge in [0.25, 0.3) is 0 Å². The topological polar surface area (TPSA) is 191 Å². The SMILES string of the molecule is CC(C)Oc1cc(C(=O)O)cc(-c2c(C(C)C)n(-c3ccc(F)cc3)c3cc4c(cc23)CN=C4)c1.CC(C)c1c(-c2ccc(C(=O)O)cc2OC2COC2)c2cc3c(cc2n1-c1ccc(F)cc1)C=NC3.CC(C)c1c(-c2cccc(C(=O)O)c2F)c2cc3c(cc2n1-c1ccc(F)cc1)C=NC3. The highest BCUT2D eigenvalue weighted by atomic mass is 19.1. The van der Waals surface area contributed by atoms with E-state index in [4.69, 9.17) is 14.2 Å². The number of carbonyl (C=O) groups is 3. The molecule has 7 heterocycles. The summed E-state index contributed by atoms with van der Waals surface area (Å²) in [5, 5.41) is 31.8. The monoisotopic (exact) mass is 1380 g/mol. The number of halogens is 4. The number of fused-ring (bicyclic) bond motifs is 6. The fourth-order valence-electron chi connectivity index (χ4n) is 14.4. The normalized spacial score (nSPS) is 13.4. The summed E-state index contributed by atoms with van der Waals surface area (Å²) in [7, 11) is 0. The molecule has 16 rings (SSSR count). The molecule has 19 heteroatoms. The number of carboxylic acid groups (broad SMARTS) is 3. The highest BCUT2D eigenvalue weighted by molar-refractivity contribution is 6.08. The van der Waals surface area contributed by atoms with Gasteiger partial charge in [0.2, 0.25) is 0 Å². The van der Waals surface area contributed by atoms with Crippen molar-refractivity contribution in [3.05, 3.63) is 254 Å². The van der Waals surface area contributed by atoms with E-state index in [2.05, 4.69) is 76.1 Å². The summed E-state index contributed by atoms with van der Waals surface area (Å²) in [6, 6.07) is 46.3. The Morgan fingerprint density at radius 3 is 1.29 bits per heavy atom. The number of ether oxygens (including phenoxy) is 3. The second kappa shape index (κ2) is 27.7. The Labute approximate surface area is 590 Å². The summed E-state index contributed by atoms with van der Waals surface area (Å²) in [6.07, 6.45) is 5.36. The molecule has 0 unspecified atom stereocenters. The molecule has 0 bridgehead atoms. The third-order valence-corrected chi connectivity index (χ3v) is 18.9. The Bertz CT molecular complexity index is 5510. The summed E-state index contributed by atoms with van der Waals surface area (Å²) in [6.45, 7) is 19.0. The van der Waals surface area contributed by atoms with Crippen LogP contribution in [0.25, 0.3) is 83.2 Å². The van der Waals surface area contributed by atoms with Crippen LogP contribution < -0.4 is 9.47 Å². The first kappa shape index (κ1) is 68.4. The number of rotatable bonds is 16. The minimum atomic E-state index is -1.31. The van der Waals surface area contributed by atoms with Crippen molar-refractivity contribution in [2.24, 2.45) is 15.0 Å². The van der Waals surface area contributed by atoms with Crippen LogP contribution in [-0.4, -0.2) is 91.0 Å². The van der Waals surface area contributed by atoms with Crippen molar-refractivity contribution in [1.82, 2.24) is 13.7 Å². The molecule has 0 aliphatic carbocycles. The Balaban J connectivity index is 0.000000131. The largest absolute Gasteiger partial charge is 0.491 e. The predicted octanol–water partition coefficient (Wildman–Crippen LogP) is 19.3. The second-order valence-electron chi connectivity index (χ2n) is 27.3. The number of nitrogens with zero attached hydrogens (tertiary/aromatic N) is 6. The zero-order chi connectivity index (χ0) is 72.4. The minimum Gasteiger partial charge on any atom is -0.491 e. The lowest BCUT2D eigenvalue weighted by Crippen LogP contribution is -2.38. The number of hydrogen-bond acceptors (Lipinski definition) is 9. The molecule has 12 aromatic rings. The fraction of sp³-hybridized carbons (Fsp3) is 0.214. The summed E-state index contributed by atoms with van der Waals surface area (Å²) < 4.78 is 80.6. The first-order chi connectivity index (χ1) is 49.5. The lowest BCUT2D eigenvalue weighted by molar-refractivity contribution is -0.0794. The Hall–Kier alpha value is -11.7. The molecule has 1 saturated heterocycles. The molecule has 103 heavy (non-hydrogen) atoms. The summed E-state index contributed by atoms with van der Waals surface area (Å²) in [5.74, 6) is -3.85. The molecule has 0 saturated carbocycles. The van der Waals surface area contributed by atoms with E-state index in [0.29, 0.717) is 49.9 Å². The van der Waals surface area contributed by atoms with Crippen LogP contribution in [0.3, 0.4) is 0 Å². The molecule has 0 atom stereocenters. The predicted molar refractivity (Wildman–Crippen MR) is 394 cm³/mol. The van der Waals surface area contributed by atoms with Crippen LogP contribution in [0.1, 0.15) is 155 Å². The first-order valence-electron chi connectivity index (χ1n) is 34.1. The van der Waals surface area contributed by atoms with Gasteiger partial charge in [0, 0.05) is 96.8 Å². The number of aromatic carboxylic acids is 3. The Kier molecular flexibility index (Phi) is 18.4. The molecule has 4 aliphatic rings. The van der Waals surface area contributed by atoms with E-state index in [9.17, 15) is 42.9 Å². The molecule has 0 amide bonds. The zero-order valence-electron chi connectivity index (χ0n) is 57.7. The van der Waals surface area contributed by atoms with E-state index in [-0.39, 0.29) is 69.7 Å². The number of benzene rings is 9. The number of aliphatic imine (C=N–C) groups is 3. The van der Waals surface area contributed by atoms with E-state index < -0.39 is 23.7 Å². The lowest BCUT2D eigenvalue weighted by atomic mass is 9.94. The van der Waals surface area contributed by atoms with Gasteiger partial charge in [-0.3, -0.25) is 15.0 Å². The molecule has 4 aliphatic heterocycles. The van der Waals surface area contributed by atoms with Crippen molar-refractivity contribution in [2.75, 3.05) is 13.2 Å². The van der Waals surface area contributed by atoms with Gasteiger partial charge in [0.05, 0.1) is 72.2 Å². The van der Waals surface area contributed by atoms with Crippen molar-refractivity contribution in [2.45, 2.75) is 105 Å². The van der Waals surface area contributed by atoms with Crippen molar-refractivity contribution in [3.8, 4) is 61.9 Å². The zero-order valence-corrected chi connectivity index (χ0v) is 57.7. The quantitative estimate of drug-likeness (QED) is 0.0790. The standard InChI is InChI=1S/C29H25FN2O4.C29H27FN2O3.C26H20F2N2O2/c1-16(2)28-27(23-8-3-17(29(33)34)11-26(23)36-22-14-35-15-22)24-9-18-12-31-13-19(18)10-25(24)32(28)21-6-4-20(30)5-7-21;1-16(2)28-27(18-9-19(29(33)34)11-24(10-18)35-17(3)4)25-12-20-14-31-15-21(20)13-26(25)32(28)23-7-5-22(30)6-8-23;1-14(2)25-23(19-4-3-5-20(24(19)28)26(31)32)21-10-15-12-29-13-16(15)11-22(21)30(25)18-8-6-17(27)7-9-18/h3-11,13,16,22H,12,14-15H2,1-2H3,(H,33,34);5-13,15-17H,14H2,1-4H3,(H,33,34);3-11,13-14H,12H2,1-2H3,(H,31,32). The van der Waals surface area contributed by atoms with E-state index in [0.717, 1.165) is 122 Å². The van der Waals surface area contributed by atoms with Crippen LogP contribution in [0.15, 0.2) is 179 Å². The third-order valence-electron chi connectivity index (χ3n) is 18.9. The van der Waals surface area contributed by atoms with Crippen LogP contribution in [0.2, 0.25) is 0 Å². The van der Waals surface area contributed by atoms with Gasteiger partial charge < -0.3 is 43.2 Å². The van der Waals surface area contributed by atoms with E-state index in [1.54, 1.807) is 72.8 Å². The van der Waals surface area contributed by atoms with Gasteiger partial charge in [-0.2, -0.15) is 0 Å². The molecule has 15 nitrogen and oxygen atoms in total. The maximum Gasteiger partial charge on any atom is 0.338 e. The lowest BCUT2D eigenvalue weighted by Gasteiger charge is -2.28. The van der Waals surface area contributed by atoms with E-state index in [1.165, 1.54) is 42.5 Å². The maximum absolute atomic E-state index is 15.5. The molecule has 1 fully saturated rings. The molecular formula is C84H72F4N6O9. The van der Waals surface area contributed by atoms with Gasteiger partial charge in [0.1, 0.15) is 40.9 Å². The number of carboxylic acids is 3. The average Bonchev–Trinajstić information content (AvgIpc) is 1.59. The van der Waals surface area contributed by atoms with Crippen LogP contribution in [0, 0.1) is 23.3 Å². The molecule has 520 valence electrons.